The van der Waals surface area contributed by atoms with Crippen molar-refractivity contribution >= 4 is 38.1 Å². The molecule has 4 rings (SSSR count). The number of benzene rings is 4. The van der Waals surface area contributed by atoms with Crippen LogP contribution in [0.15, 0.2) is 97.1 Å². The molecular formula is C25H22N2O3S. The number of sulfonamides is 1. The Labute approximate surface area is 182 Å². The van der Waals surface area contributed by atoms with Gasteiger partial charge in [0.15, 0.2) is 0 Å². The van der Waals surface area contributed by atoms with Gasteiger partial charge in [0.05, 0.1) is 18.5 Å². The highest BCUT2D eigenvalue weighted by Crippen LogP contribution is 2.25. The molecule has 0 aliphatic carbocycles. The van der Waals surface area contributed by atoms with Crippen molar-refractivity contribution in [1.82, 2.24) is 0 Å². The quantitative estimate of drug-likeness (QED) is 0.465. The summed E-state index contributed by atoms with van der Waals surface area (Å²) >= 11 is 0. The van der Waals surface area contributed by atoms with Gasteiger partial charge in [0.25, 0.3) is 5.91 Å². The lowest BCUT2D eigenvalue weighted by Gasteiger charge is -2.22. The number of carbonyl (C=O) groups excluding carboxylic acids is 1. The largest absolute Gasteiger partial charge is 0.321 e. The second-order valence-electron chi connectivity index (χ2n) is 7.28. The van der Waals surface area contributed by atoms with Gasteiger partial charge in [-0.15, -0.1) is 0 Å². The van der Waals surface area contributed by atoms with Gasteiger partial charge >= 0.3 is 0 Å². The van der Waals surface area contributed by atoms with E-state index in [2.05, 4.69) is 5.32 Å². The van der Waals surface area contributed by atoms with E-state index in [4.69, 9.17) is 0 Å². The van der Waals surface area contributed by atoms with E-state index in [1.807, 2.05) is 72.8 Å². The maximum absolute atomic E-state index is 12.8. The first kappa shape index (κ1) is 20.6. The summed E-state index contributed by atoms with van der Waals surface area (Å²) in [5.74, 6) is -0.253. The highest BCUT2D eigenvalue weighted by molar-refractivity contribution is 7.92. The van der Waals surface area contributed by atoms with Crippen LogP contribution in [0.4, 0.5) is 11.4 Å². The van der Waals surface area contributed by atoms with Gasteiger partial charge in [0, 0.05) is 16.6 Å². The number of rotatable bonds is 6. The first-order valence-electron chi connectivity index (χ1n) is 9.83. The van der Waals surface area contributed by atoms with Crippen LogP contribution < -0.4 is 9.62 Å². The second-order valence-corrected chi connectivity index (χ2v) is 9.19. The topological polar surface area (TPSA) is 66.5 Å². The zero-order valence-electron chi connectivity index (χ0n) is 17.0. The van der Waals surface area contributed by atoms with Crippen molar-refractivity contribution < 1.29 is 13.2 Å². The van der Waals surface area contributed by atoms with Crippen molar-refractivity contribution in [3.63, 3.8) is 0 Å². The van der Waals surface area contributed by atoms with Crippen molar-refractivity contribution in [2.24, 2.45) is 0 Å². The Hall–Kier alpha value is -3.64. The number of nitrogens with zero attached hydrogens (tertiary/aromatic N) is 1. The second kappa shape index (κ2) is 8.62. The van der Waals surface area contributed by atoms with Gasteiger partial charge in [-0.1, -0.05) is 66.7 Å². The van der Waals surface area contributed by atoms with Gasteiger partial charge in [0.1, 0.15) is 0 Å². The van der Waals surface area contributed by atoms with Crippen molar-refractivity contribution in [3.05, 3.63) is 108 Å². The van der Waals surface area contributed by atoms with Crippen LogP contribution >= 0.6 is 0 Å². The average molecular weight is 431 g/mol. The molecule has 6 heteroatoms. The molecule has 5 nitrogen and oxygen atoms in total. The fourth-order valence-electron chi connectivity index (χ4n) is 3.46. The monoisotopic (exact) mass is 430 g/mol. The first-order chi connectivity index (χ1) is 14.9. The number of nitrogens with one attached hydrogen (secondary N) is 1. The molecular weight excluding hydrogens is 408 g/mol. The summed E-state index contributed by atoms with van der Waals surface area (Å²) in [4.78, 5) is 12.8. The molecule has 1 N–H and O–H groups in total. The van der Waals surface area contributed by atoms with Crippen molar-refractivity contribution in [1.29, 1.82) is 0 Å². The van der Waals surface area contributed by atoms with E-state index in [9.17, 15) is 13.2 Å². The predicted molar refractivity (Wildman–Crippen MR) is 126 cm³/mol. The molecule has 0 heterocycles. The summed E-state index contributed by atoms with van der Waals surface area (Å²) in [7, 11) is -3.49. The van der Waals surface area contributed by atoms with Crippen LogP contribution in [0.2, 0.25) is 0 Å². The van der Waals surface area contributed by atoms with Crippen molar-refractivity contribution in [2.45, 2.75) is 6.54 Å². The molecule has 0 aliphatic heterocycles. The fraction of sp³-hybridized carbons (Fsp3) is 0.0800. The number of amides is 1. The van der Waals surface area contributed by atoms with E-state index < -0.39 is 10.0 Å². The Balaban J connectivity index is 1.57. The van der Waals surface area contributed by atoms with E-state index in [0.717, 1.165) is 22.0 Å². The molecule has 0 saturated heterocycles. The van der Waals surface area contributed by atoms with Crippen LogP contribution in [0.1, 0.15) is 15.9 Å². The Morgan fingerprint density at radius 1 is 0.806 bits per heavy atom. The summed E-state index contributed by atoms with van der Waals surface area (Å²) in [6.07, 6.45) is 1.18. The Morgan fingerprint density at radius 3 is 2.16 bits per heavy atom. The molecule has 0 aliphatic rings. The number of hydrogen-bond donors (Lipinski definition) is 1. The maximum atomic E-state index is 12.8. The fourth-order valence-corrected chi connectivity index (χ4v) is 4.35. The van der Waals surface area contributed by atoms with E-state index in [-0.39, 0.29) is 12.5 Å². The van der Waals surface area contributed by atoms with Crippen molar-refractivity contribution in [2.75, 3.05) is 15.9 Å². The lowest BCUT2D eigenvalue weighted by Crippen LogP contribution is -2.29. The molecule has 0 atom stereocenters. The Bertz CT molecular complexity index is 1310. The van der Waals surface area contributed by atoms with Gasteiger partial charge in [-0.2, -0.15) is 0 Å². The normalized spacial score (nSPS) is 11.3. The summed E-state index contributed by atoms with van der Waals surface area (Å²) in [5, 5.41) is 4.95. The van der Waals surface area contributed by atoms with Crippen LogP contribution in [-0.2, 0) is 16.6 Å². The third kappa shape index (κ3) is 4.75. The van der Waals surface area contributed by atoms with Crippen molar-refractivity contribution in [3.8, 4) is 0 Å². The first-order valence-corrected chi connectivity index (χ1v) is 11.7. The van der Waals surface area contributed by atoms with E-state index in [1.165, 1.54) is 10.6 Å². The minimum absolute atomic E-state index is 0.223. The minimum Gasteiger partial charge on any atom is -0.321 e. The standard InChI is InChI=1S/C25H22N2O3S/c1-31(29,30)27(18-19-8-3-2-4-9-19)22-16-14-21(15-17-22)25(28)26-24-13-7-11-20-10-5-6-12-23(20)24/h2-17H,18H2,1H3,(H,26,28). The number of fused-ring (bicyclic) bond motifs is 1. The molecule has 0 fully saturated rings. The molecule has 4 aromatic carbocycles. The summed E-state index contributed by atoms with van der Waals surface area (Å²) in [6.45, 7) is 0.223. The van der Waals surface area contributed by atoms with Gasteiger partial charge in [-0.25, -0.2) is 8.42 Å². The maximum Gasteiger partial charge on any atom is 0.255 e. The zero-order valence-corrected chi connectivity index (χ0v) is 17.8. The molecule has 0 unspecified atom stereocenters. The molecule has 0 radical (unpaired) electrons. The molecule has 0 saturated carbocycles. The number of hydrogen-bond acceptors (Lipinski definition) is 3. The van der Waals surface area contributed by atoms with Gasteiger partial charge in [-0.3, -0.25) is 9.10 Å². The molecule has 4 aromatic rings. The molecule has 156 valence electrons. The van der Waals surface area contributed by atoms with Crippen LogP contribution in [0, 0.1) is 0 Å². The molecule has 0 spiro atoms. The SMILES string of the molecule is CS(=O)(=O)N(Cc1ccccc1)c1ccc(C(=O)Nc2cccc3ccccc23)cc1. The number of anilines is 2. The Kier molecular flexibility index (Phi) is 5.73. The van der Waals surface area contributed by atoms with Crippen LogP contribution in [0.25, 0.3) is 10.8 Å². The molecule has 31 heavy (non-hydrogen) atoms. The lowest BCUT2D eigenvalue weighted by molar-refractivity contribution is 0.102. The van der Waals surface area contributed by atoms with E-state index >= 15 is 0 Å². The van der Waals surface area contributed by atoms with E-state index in [0.29, 0.717) is 11.3 Å². The highest BCUT2D eigenvalue weighted by Gasteiger charge is 2.18. The number of carbonyl (C=O) groups is 1. The average Bonchev–Trinajstić information content (AvgIpc) is 2.78. The molecule has 1 amide bonds. The molecule has 0 bridgehead atoms. The van der Waals surface area contributed by atoms with Crippen LogP contribution in [0.5, 0.6) is 0 Å². The predicted octanol–water partition coefficient (Wildman–Crippen LogP) is 5.06. The zero-order chi connectivity index (χ0) is 21.8. The smallest absolute Gasteiger partial charge is 0.255 e. The minimum atomic E-state index is -3.49. The van der Waals surface area contributed by atoms with Crippen LogP contribution in [0.3, 0.4) is 0 Å². The third-order valence-corrected chi connectivity index (χ3v) is 6.17. The summed E-state index contributed by atoms with van der Waals surface area (Å²) < 4.78 is 26.1. The van der Waals surface area contributed by atoms with Gasteiger partial charge < -0.3 is 5.32 Å². The summed E-state index contributed by atoms with van der Waals surface area (Å²) in [6, 6.07) is 29.6. The van der Waals surface area contributed by atoms with E-state index in [1.54, 1.807) is 24.3 Å². The summed E-state index contributed by atoms with van der Waals surface area (Å²) in [5.41, 5.74) is 2.57. The highest BCUT2D eigenvalue weighted by atomic mass is 32.2. The van der Waals surface area contributed by atoms with Gasteiger partial charge in [0.2, 0.25) is 10.0 Å². The lowest BCUT2D eigenvalue weighted by atomic mass is 10.1. The Morgan fingerprint density at radius 2 is 1.45 bits per heavy atom. The molecule has 0 aromatic heterocycles. The van der Waals surface area contributed by atoms with Gasteiger partial charge in [-0.05, 0) is 41.3 Å². The third-order valence-electron chi connectivity index (χ3n) is 5.02. The van der Waals surface area contributed by atoms with Crippen LogP contribution in [-0.4, -0.2) is 20.6 Å².